The summed E-state index contributed by atoms with van der Waals surface area (Å²) in [7, 11) is 0. The van der Waals surface area contributed by atoms with Gasteiger partial charge in [-0.2, -0.15) is 0 Å². The van der Waals surface area contributed by atoms with Crippen molar-refractivity contribution in [2.45, 2.75) is 12.5 Å². The molecule has 5 nitrogen and oxygen atoms in total. The molecule has 3 N–H and O–H groups in total. The van der Waals surface area contributed by atoms with Crippen LogP contribution in [0.5, 0.6) is 0 Å². The van der Waals surface area contributed by atoms with Crippen LogP contribution in [0.15, 0.2) is 24.3 Å². The van der Waals surface area contributed by atoms with Gasteiger partial charge in [0.15, 0.2) is 0 Å². The van der Waals surface area contributed by atoms with E-state index in [1.54, 1.807) is 11.8 Å². The lowest BCUT2D eigenvalue weighted by atomic mass is 10.2. The summed E-state index contributed by atoms with van der Waals surface area (Å²) in [6.45, 7) is 0.981. The van der Waals surface area contributed by atoms with Crippen LogP contribution in [-0.4, -0.2) is 42.6 Å². The SMILES string of the molecule is Cl.O=C(NCCCNC(=O)C1CSCN1)c1ccc(F)cc1. The van der Waals surface area contributed by atoms with Gasteiger partial charge in [-0.05, 0) is 30.7 Å². The quantitative estimate of drug-likeness (QED) is 0.675. The van der Waals surface area contributed by atoms with Crippen LogP contribution in [0.1, 0.15) is 16.8 Å². The summed E-state index contributed by atoms with van der Waals surface area (Å²) in [6.07, 6.45) is 0.651. The van der Waals surface area contributed by atoms with Gasteiger partial charge in [-0.25, -0.2) is 4.39 Å². The second-order valence-corrected chi connectivity index (χ2v) is 5.71. The van der Waals surface area contributed by atoms with E-state index in [1.807, 2.05) is 0 Å². The van der Waals surface area contributed by atoms with Crippen LogP contribution < -0.4 is 16.0 Å². The summed E-state index contributed by atoms with van der Waals surface area (Å²) >= 11 is 1.70. The fourth-order valence-corrected chi connectivity index (χ4v) is 2.83. The molecule has 2 rings (SSSR count). The van der Waals surface area contributed by atoms with Gasteiger partial charge in [0.2, 0.25) is 5.91 Å². The lowest BCUT2D eigenvalue weighted by Crippen LogP contribution is -2.42. The Labute approximate surface area is 139 Å². The normalized spacial score (nSPS) is 16.7. The van der Waals surface area contributed by atoms with Gasteiger partial charge in [-0.1, -0.05) is 0 Å². The molecule has 1 aliphatic heterocycles. The minimum Gasteiger partial charge on any atom is -0.355 e. The van der Waals surface area contributed by atoms with E-state index < -0.39 is 0 Å². The summed E-state index contributed by atoms with van der Waals surface area (Å²) in [5.41, 5.74) is 0.424. The molecule has 22 heavy (non-hydrogen) atoms. The molecule has 0 aliphatic carbocycles. The van der Waals surface area contributed by atoms with E-state index >= 15 is 0 Å². The molecule has 122 valence electrons. The standard InChI is InChI=1S/C14H18FN3O2S.ClH/c15-11-4-2-10(3-5-11)13(19)16-6-1-7-17-14(20)12-8-21-9-18-12;/h2-5,12,18H,1,6-9H2,(H,16,19)(H,17,20);1H. The van der Waals surface area contributed by atoms with Crippen molar-refractivity contribution in [3.8, 4) is 0 Å². The van der Waals surface area contributed by atoms with Crippen molar-refractivity contribution >= 4 is 36.0 Å². The van der Waals surface area contributed by atoms with Gasteiger partial charge in [0.25, 0.3) is 5.91 Å². The molecule has 0 radical (unpaired) electrons. The van der Waals surface area contributed by atoms with Gasteiger partial charge in [-0.15, -0.1) is 24.2 Å². The summed E-state index contributed by atoms with van der Waals surface area (Å²) in [5, 5.41) is 8.65. The number of hydrogen-bond acceptors (Lipinski definition) is 4. The van der Waals surface area contributed by atoms with Gasteiger partial charge in [0.1, 0.15) is 5.82 Å². The molecule has 1 unspecified atom stereocenters. The molecular formula is C14H19ClFN3O2S. The van der Waals surface area contributed by atoms with Gasteiger partial charge < -0.3 is 10.6 Å². The van der Waals surface area contributed by atoms with Crippen LogP contribution in [-0.2, 0) is 4.79 Å². The minimum absolute atomic E-state index is 0. The molecule has 1 aliphatic rings. The van der Waals surface area contributed by atoms with Gasteiger partial charge in [-0.3, -0.25) is 14.9 Å². The number of nitrogens with one attached hydrogen (secondary N) is 3. The number of carbonyl (C=O) groups excluding carboxylic acids is 2. The number of rotatable bonds is 6. The van der Waals surface area contributed by atoms with Crippen LogP contribution in [0.4, 0.5) is 4.39 Å². The van der Waals surface area contributed by atoms with E-state index in [0.29, 0.717) is 25.1 Å². The van der Waals surface area contributed by atoms with E-state index in [-0.39, 0.29) is 36.1 Å². The number of thioether (sulfide) groups is 1. The first-order valence-corrected chi connectivity index (χ1v) is 7.95. The van der Waals surface area contributed by atoms with Gasteiger partial charge in [0, 0.05) is 30.3 Å². The van der Waals surface area contributed by atoms with Crippen LogP contribution in [0.2, 0.25) is 0 Å². The molecule has 0 aromatic heterocycles. The van der Waals surface area contributed by atoms with Crippen LogP contribution in [0.3, 0.4) is 0 Å². The van der Waals surface area contributed by atoms with Crippen LogP contribution in [0, 0.1) is 5.82 Å². The van der Waals surface area contributed by atoms with Crippen molar-refractivity contribution in [3.63, 3.8) is 0 Å². The Morgan fingerprint density at radius 3 is 2.55 bits per heavy atom. The molecule has 1 aromatic carbocycles. The minimum atomic E-state index is -0.368. The number of halogens is 2. The highest BCUT2D eigenvalue weighted by atomic mass is 35.5. The Balaban J connectivity index is 0.00000242. The molecule has 0 spiro atoms. The molecule has 0 saturated carbocycles. The van der Waals surface area contributed by atoms with Crippen molar-refractivity contribution in [1.82, 2.24) is 16.0 Å². The topological polar surface area (TPSA) is 70.2 Å². The Morgan fingerprint density at radius 1 is 1.23 bits per heavy atom. The molecule has 2 amide bonds. The molecule has 1 atom stereocenters. The van der Waals surface area contributed by atoms with Gasteiger partial charge >= 0.3 is 0 Å². The van der Waals surface area contributed by atoms with E-state index in [2.05, 4.69) is 16.0 Å². The molecule has 1 heterocycles. The largest absolute Gasteiger partial charge is 0.355 e. The molecule has 1 fully saturated rings. The molecule has 1 saturated heterocycles. The lowest BCUT2D eigenvalue weighted by Gasteiger charge is -2.10. The highest BCUT2D eigenvalue weighted by molar-refractivity contribution is 7.99. The van der Waals surface area contributed by atoms with E-state index in [9.17, 15) is 14.0 Å². The average molecular weight is 348 g/mol. The van der Waals surface area contributed by atoms with Crippen molar-refractivity contribution in [3.05, 3.63) is 35.6 Å². The Kier molecular flexibility index (Phi) is 8.22. The van der Waals surface area contributed by atoms with E-state index in [0.717, 1.165) is 11.6 Å². The maximum atomic E-state index is 12.7. The summed E-state index contributed by atoms with van der Waals surface area (Å²) < 4.78 is 12.7. The van der Waals surface area contributed by atoms with Crippen LogP contribution >= 0.6 is 24.2 Å². The molecule has 1 aromatic rings. The number of amides is 2. The second kappa shape index (κ2) is 9.66. The third kappa shape index (κ3) is 5.82. The predicted octanol–water partition coefficient (Wildman–Crippen LogP) is 1.15. The summed E-state index contributed by atoms with van der Waals surface area (Å²) in [5.74, 6) is 1.01. The third-order valence-electron chi connectivity index (χ3n) is 3.08. The maximum Gasteiger partial charge on any atom is 0.251 e. The van der Waals surface area contributed by atoms with Gasteiger partial charge in [0.05, 0.1) is 6.04 Å². The first-order chi connectivity index (χ1) is 10.2. The van der Waals surface area contributed by atoms with Crippen molar-refractivity contribution in [2.75, 3.05) is 24.7 Å². The maximum absolute atomic E-state index is 12.7. The third-order valence-corrected chi connectivity index (χ3v) is 4.02. The smallest absolute Gasteiger partial charge is 0.251 e. The Hall–Kier alpha value is -1.31. The first kappa shape index (κ1) is 18.7. The van der Waals surface area contributed by atoms with Crippen LogP contribution in [0.25, 0.3) is 0 Å². The zero-order valence-electron chi connectivity index (χ0n) is 11.9. The average Bonchev–Trinajstić information content (AvgIpc) is 3.01. The Morgan fingerprint density at radius 2 is 1.91 bits per heavy atom. The fraction of sp³-hybridized carbons (Fsp3) is 0.429. The highest BCUT2D eigenvalue weighted by Gasteiger charge is 2.21. The van der Waals surface area contributed by atoms with Crippen molar-refractivity contribution < 1.29 is 14.0 Å². The first-order valence-electron chi connectivity index (χ1n) is 6.79. The zero-order chi connectivity index (χ0) is 15.1. The van der Waals surface area contributed by atoms with E-state index in [4.69, 9.17) is 0 Å². The highest BCUT2D eigenvalue weighted by Crippen LogP contribution is 2.09. The number of hydrogen-bond donors (Lipinski definition) is 3. The second-order valence-electron chi connectivity index (χ2n) is 4.68. The molecule has 0 bridgehead atoms. The lowest BCUT2D eigenvalue weighted by molar-refractivity contribution is -0.122. The number of carbonyl (C=O) groups is 2. The van der Waals surface area contributed by atoms with Crippen molar-refractivity contribution in [2.24, 2.45) is 0 Å². The van der Waals surface area contributed by atoms with E-state index in [1.165, 1.54) is 24.3 Å². The summed E-state index contributed by atoms with van der Waals surface area (Å²) in [4.78, 5) is 23.4. The monoisotopic (exact) mass is 347 g/mol. The predicted molar refractivity (Wildman–Crippen MR) is 87.9 cm³/mol. The number of benzene rings is 1. The molecule has 8 heteroatoms. The fourth-order valence-electron chi connectivity index (χ4n) is 1.89. The summed E-state index contributed by atoms with van der Waals surface area (Å²) in [6, 6.07) is 5.28. The Bertz CT molecular complexity index is 495. The van der Waals surface area contributed by atoms with Crippen molar-refractivity contribution in [1.29, 1.82) is 0 Å². The zero-order valence-corrected chi connectivity index (χ0v) is 13.6. The molecular weight excluding hydrogens is 329 g/mol.